The molecule has 2 heterocycles. The molecule has 1 fully saturated rings. The number of hydrogen-bond donors (Lipinski definition) is 3. The first-order valence-corrected chi connectivity index (χ1v) is 5.85. The number of aromatic amines is 1. The summed E-state index contributed by atoms with van der Waals surface area (Å²) in [6.45, 7) is 0.465. The maximum atomic E-state index is 12.1. The summed E-state index contributed by atoms with van der Waals surface area (Å²) in [5.74, 6) is -1.27. The van der Waals surface area contributed by atoms with E-state index in [-0.39, 0.29) is 5.91 Å². The van der Waals surface area contributed by atoms with Crippen LogP contribution in [0.3, 0.4) is 0 Å². The molecule has 0 radical (unpaired) electrons. The Hall–Kier alpha value is -1.89. The minimum absolute atomic E-state index is 0.311. The molecule has 1 aliphatic rings. The molecule has 2 atom stereocenters. The smallest absolute Gasteiger partial charge is 0.326 e. The Bertz CT molecular complexity index is 432. The fraction of sp³-hybridized carbons (Fsp3) is 0.545. The average molecular weight is 252 g/mol. The molecule has 1 amide bonds. The van der Waals surface area contributed by atoms with Gasteiger partial charge in [0.2, 0.25) is 5.91 Å². The quantitative estimate of drug-likeness (QED) is 0.659. The Morgan fingerprint density at radius 2 is 2.44 bits per heavy atom. The highest BCUT2D eigenvalue weighted by atomic mass is 16.4. The van der Waals surface area contributed by atoms with Crippen molar-refractivity contribution in [2.24, 2.45) is 5.73 Å². The number of likely N-dealkylation sites (tertiary alicyclic amines) is 1. The van der Waals surface area contributed by atoms with Gasteiger partial charge in [-0.25, -0.2) is 9.78 Å². The number of aliphatic carboxylic acids is 1. The van der Waals surface area contributed by atoms with Gasteiger partial charge in [-0.3, -0.25) is 4.79 Å². The van der Waals surface area contributed by atoms with Crippen LogP contribution < -0.4 is 5.73 Å². The normalized spacial score (nSPS) is 20.9. The van der Waals surface area contributed by atoms with Crippen molar-refractivity contribution in [1.82, 2.24) is 14.9 Å². The zero-order valence-electron chi connectivity index (χ0n) is 9.87. The molecule has 1 saturated heterocycles. The van der Waals surface area contributed by atoms with Gasteiger partial charge < -0.3 is 20.7 Å². The maximum Gasteiger partial charge on any atom is 0.326 e. The number of carbonyl (C=O) groups excluding carboxylic acids is 1. The van der Waals surface area contributed by atoms with Crippen LogP contribution in [0.25, 0.3) is 0 Å². The number of amides is 1. The predicted octanol–water partition coefficient (Wildman–Crippen LogP) is -0.645. The standard InChI is InChI=1S/C11H16N4O3/c12-8(4-7-5-13-6-14-7)10(16)15-3-1-2-9(15)11(17)18/h5-6,8-9H,1-4,12H2,(H,13,14)(H,17,18)/t8?,9-/m0/s1. The Labute approximate surface area is 104 Å². The summed E-state index contributed by atoms with van der Waals surface area (Å²) in [6.07, 6.45) is 4.66. The molecule has 98 valence electrons. The number of nitrogens with two attached hydrogens (primary N) is 1. The lowest BCUT2D eigenvalue weighted by atomic mass is 10.1. The molecular weight excluding hydrogens is 236 g/mol. The van der Waals surface area contributed by atoms with E-state index in [0.717, 1.165) is 5.69 Å². The monoisotopic (exact) mass is 252 g/mol. The summed E-state index contributed by atoms with van der Waals surface area (Å²) in [4.78, 5) is 31.2. The van der Waals surface area contributed by atoms with Crippen molar-refractivity contribution >= 4 is 11.9 Å². The minimum atomic E-state index is -0.963. The Morgan fingerprint density at radius 3 is 3.06 bits per heavy atom. The number of nitrogens with zero attached hydrogens (tertiary/aromatic N) is 2. The molecule has 4 N–H and O–H groups in total. The van der Waals surface area contributed by atoms with Crippen LogP contribution in [0.2, 0.25) is 0 Å². The zero-order chi connectivity index (χ0) is 13.1. The summed E-state index contributed by atoms with van der Waals surface area (Å²) in [7, 11) is 0. The van der Waals surface area contributed by atoms with Crippen molar-refractivity contribution in [3.05, 3.63) is 18.2 Å². The molecule has 1 aliphatic heterocycles. The third-order valence-corrected chi connectivity index (χ3v) is 3.13. The first kappa shape index (κ1) is 12.6. The molecule has 2 rings (SSSR count). The van der Waals surface area contributed by atoms with E-state index in [2.05, 4.69) is 9.97 Å². The predicted molar refractivity (Wildman–Crippen MR) is 62.6 cm³/mol. The summed E-state index contributed by atoms with van der Waals surface area (Å²) >= 11 is 0. The molecule has 18 heavy (non-hydrogen) atoms. The van der Waals surface area contributed by atoms with Gasteiger partial charge in [-0.15, -0.1) is 0 Å². The van der Waals surface area contributed by atoms with Gasteiger partial charge in [0.15, 0.2) is 0 Å². The van der Waals surface area contributed by atoms with E-state index in [0.29, 0.717) is 25.8 Å². The second kappa shape index (κ2) is 5.18. The van der Waals surface area contributed by atoms with Crippen LogP contribution in [-0.4, -0.2) is 50.5 Å². The maximum absolute atomic E-state index is 12.1. The van der Waals surface area contributed by atoms with Gasteiger partial charge in [-0.05, 0) is 12.8 Å². The first-order chi connectivity index (χ1) is 8.59. The van der Waals surface area contributed by atoms with E-state index in [1.54, 1.807) is 6.20 Å². The molecule has 7 nitrogen and oxygen atoms in total. The van der Waals surface area contributed by atoms with Crippen LogP contribution >= 0.6 is 0 Å². The molecule has 1 aromatic rings. The Balaban J connectivity index is 1.99. The molecule has 1 unspecified atom stereocenters. The largest absolute Gasteiger partial charge is 0.480 e. The van der Waals surface area contributed by atoms with Gasteiger partial charge in [0.1, 0.15) is 6.04 Å². The van der Waals surface area contributed by atoms with Gasteiger partial charge in [0.25, 0.3) is 0 Å². The van der Waals surface area contributed by atoms with E-state index in [1.807, 2.05) is 0 Å². The van der Waals surface area contributed by atoms with Gasteiger partial charge in [0, 0.05) is 24.9 Å². The lowest BCUT2D eigenvalue weighted by Crippen LogP contribution is -2.49. The van der Waals surface area contributed by atoms with Gasteiger partial charge in [0.05, 0.1) is 12.4 Å². The minimum Gasteiger partial charge on any atom is -0.480 e. The van der Waals surface area contributed by atoms with Crippen molar-refractivity contribution in [1.29, 1.82) is 0 Å². The van der Waals surface area contributed by atoms with Gasteiger partial charge >= 0.3 is 5.97 Å². The molecule has 0 spiro atoms. The number of carboxylic acid groups (broad SMARTS) is 1. The van der Waals surface area contributed by atoms with Crippen LogP contribution in [0.5, 0.6) is 0 Å². The molecular formula is C11H16N4O3. The summed E-state index contributed by atoms with van der Waals surface area (Å²) in [6, 6.07) is -1.46. The first-order valence-electron chi connectivity index (χ1n) is 5.85. The number of carboxylic acids is 1. The number of carbonyl (C=O) groups is 2. The number of hydrogen-bond acceptors (Lipinski definition) is 4. The molecule has 7 heteroatoms. The SMILES string of the molecule is NC(Cc1cnc[nH]1)C(=O)N1CCC[C@H]1C(=O)O. The zero-order valence-corrected chi connectivity index (χ0v) is 9.87. The van der Waals surface area contributed by atoms with Crippen molar-refractivity contribution in [2.75, 3.05) is 6.54 Å². The number of rotatable bonds is 4. The second-order valence-corrected chi connectivity index (χ2v) is 4.42. The van der Waals surface area contributed by atoms with E-state index >= 15 is 0 Å². The van der Waals surface area contributed by atoms with Crippen LogP contribution in [0.4, 0.5) is 0 Å². The molecule has 0 aliphatic carbocycles. The molecule has 0 saturated carbocycles. The summed E-state index contributed by atoms with van der Waals surface area (Å²) in [5.41, 5.74) is 6.58. The van der Waals surface area contributed by atoms with E-state index in [9.17, 15) is 9.59 Å². The van der Waals surface area contributed by atoms with Crippen LogP contribution in [0.15, 0.2) is 12.5 Å². The number of aromatic nitrogens is 2. The number of H-pyrrole nitrogens is 1. The third kappa shape index (κ3) is 2.51. The van der Waals surface area contributed by atoms with E-state index in [1.165, 1.54) is 11.2 Å². The summed E-state index contributed by atoms with van der Waals surface area (Å²) < 4.78 is 0. The topological polar surface area (TPSA) is 112 Å². The Morgan fingerprint density at radius 1 is 1.67 bits per heavy atom. The summed E-state index contributed by atoms with van der Waals surface area (Å²) in [5, 5.41) is 9.02. The van der Waals surface area contributed by atoms with E-state index < -0.39 is 18.1 Å². The average Bonchev–Trinajstić information content (AvgIpc) is 2.97. The van der Waals surface area contributed by atoms with Crippen LogP contribution in [0.1, 0.15) is 18.5 Å². The lowest BCUT2D eigenvalue weighted by molar-refractivity contribution is -0.148. The molecule has 0 aromatic carbocycles. The number of imidazole rings is 1. The molecule has 0 bridgehead atoms. The molecule has 1 aromatic heterocycles. The highest BCUT2D eigenvalue weighted by Gasteiger charge is 2.36. The lowest BCUT2D eigenvalue weighted by Gasteiger charge is -2.24. The van der Waals surface area contributed by atoms with Crippen LogP contribution in [0, 0.1) is 0 Å². The van der Waals surface area contributed by atoms with Gasteiger partial charge in [-0.2, -0.15) is 0 Å². The highest BCUT2D eigenvalue weighted by molar-refractivity contribution is 5.87. The number of nitrogens with one attached hydrogen (secondary N) is 1. The van der Waals surface area contributed by atoms with Crippen molar-refractivity contribution in [2.45, 2.75) is 31.3 Å². The fourth-order valence-electron chi connectivity index (χ4n) is 2.22. The van der Waals surface area contributed by atoms with Crippen molar-refractivity contribution in [3.8, 4) is 0 Å². The van der Waals surface area contributed by atoms with Gasteiger partial charge in [-0.1, -0.05) is 0 Å². The second-order valence-electron chi connectivity index (χ2n) is 4.42. The third-order valence-electron chi connectivity index (χ3n) is 3.13. The fourth-order valence-corrected chi connectivity index (χ4v) is 2.22. The van der Waals surface area contributed by atoms with Crippen molar-refractivity contribution < 1.29 is 14.7 Å². The Kier molecular flexibility index (Phi) is 3.61. The van der Waals surface area contributed by atoms with Crippen LogP contribution in [-0.2, 0) is 16.0 Å². The van der Waals surface area contributed by atoms with Crippen molar-refractivity contribution in [3.63, 3.8) is 0 Å². The highest BCUT2D eigenvalue weighted by Crippen LogP contribution is 2.18. The van der Waals surface area contributed by atoms with E-state index in [4.69, 9.17) is 10.8 Å².